The summed E-state index contributed by atoms with van der Waals surface area (Å²) < 4.78 is 43.5. The van der Waals surface area contributed by atoms with E-state index in [4.69, 9.17) is 9.84 Å². The second kappa shape index (κ2) is 4.51. The van der Waals surface area contributed by atoms with E-state index in [9.17, 15) is 18.0 Å². The molecular formula is C12H11F3O3. The molecule has 0 fully saturated rings. The molecule has 1 aliphatic rings. The number of carboxylic acids is 1. The fourth-order valence-electron chi connectivity index (χ4n) is 2.05. The summed E-state index contributed by atoms with van der Waals surface area (Å²) >= 11 is 0. The first kappa shape index (κ1) is 12.7. The lowest BCUT2D eigenvalue weighted by atomic mass is 10.0. The molecule has 0 aliphatic carbocycles. The predicted octanol–water partition coefficient (Wildman–Crippen LogP) is 2.87. The van der Waals surface area contributed by atoms with Crippen LogP contribution in [-0.4, -0.2) is 17.2 Å². The van der Waals surface area contributed by atoms with Crippen LogP contribution >= 0.6 is 0 Å². The number of ether oxygens (including phenoxy) is 1. The molecule has 1 heterocycles. The molecule has 0 saturated carbocycles. The van der Waals surface area contributed by atoms with Gasteiger partial charge >= 0.3 is 12.1 Å². The molecule has 3 nitrogen and oxygen atoms in total. The minimum absolute atomic E-state index is 0.109. The lowest BCUT2D eigenvalue weighted by Gasteiger charge is -2.09. The van der Waals surface area contributed by atoms with Gasteiger partial charge in [-0.2, -0.15) is 13.2 Å². The molecular weight excluding hydrogens is 249 g/mol. The van der Waals surface area contributed by atoms with Gasteiger partial charge in [-0.1, -0.05) is 6.07 Å². The maximum absolute atomic E-state index is 12.7. The van der Waals surface area contributed by atoms with Crippen molar-refractivity contribution >= 4 is 5.97 Å². The fourth-order valence-corrected chi connectivity index (χ4v) is 2.05. The van der Waals surface area contributed by atoms with Crippen LogP contribution in [0.1, 0.15) is 24.0 Å². The largest absolute Gasteiger partial charge is 0.490 e. The molecule has 0 amide bonds. The fraction of sp³-hybridized carbons (Fsp3) is 0.417. The number of hydrogen-bond donors (Lipinski definition) is 1. The van der Waals surface area contributed by atoms with Gasteiger partial charge in [0, 0.05) is 18.4 Å². The zero-order valence-electron chi connectivity index (χ0n) is 9.33. The molecule has 1 N–H and O–H groups in total. The van der Waals surface area contributed by atoms with Gasteiger partial charge in [-0.15, -0.1) is 0 Å². The first-order valence-corrected chi connectivity index (χ1v) is 5.45. The summed E-state index contributed by atoms with van der Waals surface area (Å²) in [7, 11) is 0. The summed E-state index contributed by atoms with van der Waals surface area (Å²) in [5, 5.41) is 8.54. The Hall–Kier alpha value is -1.72. The van der Waals surface area contributed by atoms with Crippen molar-refractivity contribution in [3.05, 3.63) is 29.3 Å². The molecule has 1 aliphatic heterocycles. The van der Waals surface area contributed by atoms with E-state index in [2.05, 4.69) is 0 Å². The Kier molecular flexibility index (Phi) is 3.19. The van der Waals surface area contributed by atoms with Gasteiger partial charge in [-0.05, 0) is 18.6 Å². The number of aliphatic carboxylic acids is 1. The maximum Gasteiger partial charge on any atom is 0.416 e. The number of rotatable bonds is 3. The summed E-state index contributed by atoms with van der Waals surface area (Å²) in [6.45, 7) is 0. The van der Waals surface area contributed by atoms with E-state index in [-0.39, 0.29) is 30.6 Å². The van der Waals surface area contributed by atoms with Crippen molar-refractivity contribution in [2.45, 2.75) is 31.5 Å². The molecule has 2 rings (SSSR count). The number of benzene rings is 1. The third-order valence-electron chi connectivity index (χ3n) is 2.84. The van der Waals surface area contributed by atoms with Crippen molar-refractivity contribution in [3.8, 4) is 5.75 Å². The Morgan fingerprint density at radius 3 is 2.78 bits per heavy atom. The van der Waals surface area contributed by atoms with Gasteiger partial charge in [0.1, 0.15) is 11.9 Å². The second-order valence-electron chi connectivity index (χ2n) is 4.16. The highest BCUT2D eigenvalue weighted by molar-refractivity contribution is 5.66. The van der Waals surface area contributed by atoms with E-state index >= 15 is 0 Å². The zero-order chi connectivity index (χ0) is 13.3. The molecule has 1 aromatic rings. The molecule has 0 spiro atoms. The number of fused-ring (bicyclic) bond motifs is 1. The average molecular weight is 260 g/mol. The average Bonchev–Trinajstić information content (AvgIpc) is 2.66. The van der Waals surface area contributed by atoms with Gasteiger partial charge in [0.05, 0.1) is 5.56 Å². The molecule has 0 saturated heterocycles. The van der Waals surface area contributed by atoms with E-state index in [1.165, 1.54) is 12.1 Å². The lowest BCUT2D eigenvalue weighted by molar-refractivity contribution is -0.139. The van der Waals surface area contributed by atoms with Crippen LogP contribution in [-0.2, 0) is 17.4 Å². The summed E-state index contributed by atoms with van der Waals surface area (Å²) in [6.07, 6.45) is -4.68. The van der Waals surface area contributed by atoms with Crippen LogP contribution < -0.4 is 4.74 Å². The van der Waals surface area contributed by atoms with Gasteiger partial charge in [0.2, 0.25) is 0 Å². The van der Waals surface area contributed by atoms with Crippen LogP contribution in [0.5, 0.6) is 5.75 Å². The van der Waals surface area contributed by atoms with Gasteiger partial charge in [-0.3, -0.25) is 4.79 Å². The monoisotopic (exact) mass is 260 g/mol. The van der Waals surface area contributed by atoms with Crippen LogP contribution in [0.15, 0.2) is 18.2 Å². The summed E-state index contributed by atoms with van der Waals surface area (Å²) in [5.74, 6) is -0.772. The first-order chi connectivity index (χ1) is 8.38. The third kappa shape index (κ3) is 2.57. The molecule has 0 bridgehead atoms. The minimum atomic E-state index is -4.41. The van der Waals surface area contributed by atoms with Crippen LogP contribution in [0.25, 0.3) is 0 Å². The van der Waals surface area contributed by atoms with Crippen molar-refractivity contribution in [2.24, 2.45) is 0 Å². The number of carbonyl (C=O) groups is 1. The van der Waals surface area contributed by atoms with E-state index in [1.54, 1.807) is 0 Å². The highest BCUT2D eigenvalue weighted by Gasteiger charge is 2.37. The summed E-state index contributed by atoms with van der Waals surface area (Å²) in [5.41, 5.74) is -0.571. The zero-order valence-corrected chi connectivity index (χ0v) is 9.33. The Balaban J connectivity index is 2.17. The van der Waals surface area contributed by atoms with E-state index in [1.807, 2.05) is 0 Å². The molecule has 98 valence electrons. The summed E-state index contributed by atoms with van der Waals surface area (Å²) in [6, 6.07) is 3.79. The number of hydrogen-bond acceptors (Lipinski definition) is 2. The molecule has 0 aromatic heterocycles. The topological polar surface area (TPSA) is 46.5 Å². The quantitative estimate of drug-likeness (QED) is 0.909. The molecule has 18 heavy (non-hydrogen) atoms. The van der Waals surface area contributed by atoms with Gasteiger partial charge < -0.3 is 9.84 Å². The van der Waals surface area contributed by atoms with Crippen molar-refractivity contribution < 1.29 is 27.8 Å². The van der Waals surface area contributed by atoms with Crippen molar-refractivity contribution in [1.29, 1.82) is 0 Å². The van der Waals surface area contributed by atoms with E-state index in [0.717, 1.165) is 6.07 Å². The van der Waals surface area contributed by atoms with E-state index in [0.29, 0.717) is 0 Å². The number of halogens is 3. The number of alkyl halides is 3. The summed E-state index contributed by atoms with van der Waals surface area (Å²) in [4.78, 5) is 10.4. The second-order valence-corrected chi connectivity index (χ2v) is 4.16. The third-order valence-corrected chi connectivity index (χ3v) is 2.84. The van der Waals surface area contributed by atoms with Gasteiger partial charge in [0.15, 0.2) is 0 Å². The molecule has 1 aromatic carbocycles. The van der Waals surface area contributed by atoms with Crippen LogP contribution in [0.4, 0.5) is 13.2 Å². The highest BCUT2D eigenvalue weighted by atomic mass is 19.4. The Labute approximate surface area is 101 Å². The standard InChI is InChI=1S/C12H11F3O3/c13-12(14,15)9-2-1-3-10-8(9)6-7(18-10)4-5-11(16)17/h1-3,7H,4-6H2,(H,16,17). The Bertz CT molecular complexity index is 468. The predicted molar refractivity (Wildman–Crippen MR) is 56.4 cm³/mol. The van der Waals surface area contributed by atoms with Crippen LogP contribution in [0.3, 0.4) is 0 Å². The first-order valence-electron chi connectivity index (χ1n) is 5.45. The lowest BCUT2D eigenvalue weighted by Crippen LogP contribution is -2.15. The minimum Gasteiger partial charge on any atom is -0.490 e. The maximum atomic E-state index is 12.7. The van der Waals surface area contributed by atoms with Crippen molar-refractivity contribution in [2.75, 3.05) is 0 Å². The highest BCUT2D eigenvalue weighted by Crippen LogP contribution is 2.40. The molecule has 1 unspecified atom stereocenters. The number of carboxylic acid groups (broad SMARTS) is 1. The van der Waals surface area contributed by atoms with Crippen LogP contribution in [0, 0.1) is 0 Å². The SMILES string of the molecule is O=C(O)CCC1Cc2c(cccc2C(F)(F)F)O1. The van der Waals surface area contributed by atoms with E-state index < -0.39 is 23.8 Å². The Morgan fingerprint density at radius 1 is 1.44 bits per heavy atom. The van der Waals surface area contributed by atoms with Gasteiger partial charge in [-0.25, -0.2) is 0 Å². The van der Waals surface area contributed by atoms with Crippen LogP contribution in [0.2, 0.25) is 0 Å². The van der Waals surface area contributed by atoms with Crippen molar-refractivity contribution in [3.63, 3.8) is 0 Å². The molecule has 0 radical (unpaired) electrons. The Morgan fingerprint density at radius 2 is 2.17 bits per heavy atom. The molecule has 1 atom stereocenters. The smallest absolute Gasteiger partial charge is 0.416 e. The normalized spacial score (nSPS) is 18.3. The molecule has 6 heteroatoms. The van der Waals surface area contributed by atoms with Crippen molar-refractivity contribution in [1.82, 2.24) is 0 Å². The van der Waals surface area contributed by atoms with Gasteiger partial charge in [0.25, 0.3) is 0 Å².